The first kappa shape index (κ1) is 58.1. The molecule has 27 nitrogen and oxygen atoms in total. The topological polar surface area (TPSA) is 459 Å². The lowest BCUT2D eigenvalue weighted by molar-refractivity contribution is -0.143. The SMILES string of the molecule is CC[C@H](C)[C@H](NC(=O)[C@H](CCC(=O)O)NC(=O)[C@H](CCC(=O)O)NC(=O)[C@H](C)NC(=O)[C@@H](NC(=O)[C@H](CC(=O)O)NC(=O)[C@@H](N)CCC(=O)O)C(C)C)C(=O)N[C@@H](CCC(N)=O)C(=O)O. The number of carboxylic acids is 5. The van der Waals surface area contributed by atoms with Crippen molar-refractivity contribution in [3.63, 3.8) is 0 Å². The van der Waals surface area contributed by atoms with E-state index >= 15 is 0 Å². The number of nitrogens with one attached hydrogen (secondary N) is 7. The van der Waals surface area contributed by atoms with Gasteiger partial charge in [0.1, 0.15) is 42.3 Å². The average molecular weight is 932 g/mol. The molecule has 0 aliphatic rings. The van der Waals surface area contributed by atoms with E-state index in [1.807, 2.05) is 0 Å². The molecular formula is C38H61N9O18. The monoisotopic (exact) mass is 931 g/mol. The van der Waals surface area contributed by atoms with Crippen LogP contribution in [-0.2, 0) is 62.3 Å². The van der Waals surface area contributed by atoms with E-state index in [1.54, 1.807) is 6.92 Å². The molecular weight excluding hydrogens is 870 g/mol. The van der Waals surface area contributed by atoms with Crippen LogP contribution in [0.2, 0.25) is 0 Å². The number of hydrogen-bond donors (Lipinski definition) is 14. The molecule has 0 spiro atoms. The van der Waals surface area contributed by atoms with Crippen molar-refractivity contribution in [2.75, 3.05) is 0 Å². The zero-order valence-electron chi connectivity index (χ0n) is 36.5. The molecule has 0 fully saturated rings. The summed E-state index contributed by atoms with van der Waals surface area (Å²) in [7, 11) is 0. The first-order valence-corrected chi connectivity index (χ1v) is 20.4. The van der Waals surface area contributed by atoms with Gasteiger partial charge in [0.2, 0.25) is 47.3 Å². The summed E-state index contributed by atoms with van der Waals surface area (Å²) in [5.41, 5.74) is 10.8. The first-order chi connectivity index (χ1) is 30.1. The second-order valence-electron chi connectivity index (χ2n) is 15.4. The lowest BCUT2D eigenvalue weighted by Crippen LogP contribution is -2.60. The van der Waals surface area contributed by atoms with E-state index in [1.165, 1.54) is 20.8 Å². The summed E-state index contributed by atoms with van der Waals surface area (Å²) in [6.07, 6.45) is -5.05. The van der Waals surface area contributed by atoms with Crippen molar-refractivity contribution in [2.24, 2.45) is 23.3 Å². The predicted octanol–water partition coefficient (Wildman–Crippen LogP) is -4.15. The molecule has 0 bridgehead atoms. The Morgan fingerprint density at radius 3 is 1.29 bits per heavy atom. The number of rotatable bonds is 32. The summed E-state index contributed by atoms with van der Waals surface area (Å²) >= 11 is 0. The van der Waals surface area contributed by atoms with Crippen molar-refractivity contribution in [1.82, 2.24) is 37.2 Å². The smallest absolute Gasteiger partial charge is 0.326 e. The van der Waals surface area contributed by atoms with Crippen LogP contribution >= 0.6 is 0 Å². The van der Waals surface area contributed by atoms with Crippen molar-refractivity contribution < 1.29 is 87.9 Å². The maximum atomic E-state index is 13.6. The molecule has 0 heterocycles. The molecule has 0 aromatic rings. The van der Waals surface area contributed by atoms with E-state index < -0.39 is 182 Å². The number of amides is 8. The summed E-state index contributed by atoms with van der Waals surface area (Å²) in [5.74, 6) is -17.1. The average Bonchev–Trinajstić information content (AvgIpc) is 3.20. The number of carbonyl (C=O) groups is 13. The molecule has 16 N–H and O–H groups in total. The van der Waals surface area contributed by atoms with Crippen LogP contribution in [-0.4, -0.2) is 151 Å². The summed E-state index contributed by atoms with van der Waals surface area (Å²) in [6.45, 7) is 7.21. The van der Waals surface area contributed by atoms with Gasteiger partial charge in [0.05, 0.1) is 12.5 Å². The zero-order valence-corrected chi connectivity index (χ0v) is 36.5. The molecule has 0 radical (unpaired) electrons. The van der Waals surface area contributed by atoms with Gasteiger partial charge in [-0.05, 0) is 44.4 Å². The van der Waals surface area contributed by atoms with E-state index in [0.29, 0.717) is 0 Å². The van der Waals surface area contributed by atoms with Gasteiger partial charge in [0.25, 0.3) is 0 Å². The van der Waals surface area contributed by atoms with Gasteiger partial charge in [0.15, 0.2) is 0 Å². The molecule has 0 aromatic carbocycles. The third-order valence-corrected chi connectivity index (χ3v) is 9.66. The Morgan fingerprint density at radius 2 is 0.846 bits per heavy atom. The lowest BCUT2D eigenvalue weighted by Gasteiger charge is -2.29. The molecule has 0 aliphatic carbocycles. The molecule has 0 unspecified atom stereocenters. The maximum absolute atomic E-state index is 13.6. The minimum absolute atomic E-state index is 0.238. The molecule has 27 heteroatoms. The number of hydrogen-bond acceptors (Lipinski definition) is 14. The van der Waals surface area contributed by atoms with Crippen molar-refractivity contribution in [3.05, 3.63) is 0 Å². The van der Waals surface area contributed by atoms with Gasteiger partial charge < -0.3 is 74.2 Å². The number of nitrogens with two attached hydrogens (primary N) is 2. The maximum Gasteiger partial charge on any atom is 0.326 e. The van der Waals surface area contributed by atoms with Gasteiger partial charge in [-0.2, -0.15) is 0 Å². The Hall–Kier alpha value is -6.93. The van der Waals surface area contributed by atoms with E-state index in [4.69, 9.17) is 16.6 Å². The molecule has 65 heavy (non-hydrogen) atoms. The van der Waals surface area contributed by atoms with Crippen LogP contribution < -0.4 is 48.7 Å². The van der Waals surface area contributed by atoms with E-state index in [-0.39, 0.29) is 19.3 Å². The molecule has 0 saturated carbocycles. The fourth-order valence-corrected chi connectivity index (χ4v) is 5.63. The highest BCUT2D eigenvalue weighted by Gasteiger charge is 2.36. The van der Waals surface area contributed by atoms with Crippen molar-refractivity contribution >= 4 is 77.1 Å². The zero-order chi connectivity index (χ0) is 50.3. The van der Waals surface area contributed by atoms with E-state index in [9.17, 15) is 82.8 Å². The van der Waals surface area contributed by atoms with Crippen LogP contribution in [0.1, 0.15) is 98.8 Å². The molecule has 8 amide bonds. The quantitative estimate of drug-likeness (QED) is 0.0304. The third kappa shape index (κ3) is 22.8. The highest BCUT2D eigenvalue weighted by molar-refractivity contribution is 5.98. The fraction of sp³-hybridized carbons (Fsp3) is 0.658. The summed E-state index contributed by atoms with van der Waals surface area (Å²) in [4.78, 5) is 161. The Bertz CT molecular complexity index is 1780. The predicted molar refractivity (Wildman–Crippen MR) is 220 cm³/mol. The van der Waals surface area contributed by atoms with Gasteiger partial charge >= 0.3 is 29.8 Å². The molecule has 0 rings (SSSR count). The first-order valence-electron chi connectivity index (χ1n) is 20.4. The van der Waals surface area contributed by atoms with Crippen LogP contribution in [0.15, 0.2) is 0 Å². The molecule has 9 atom stereocenters. The number of carbonyl (C=O) groups excluding carboxylic acids is 8. The van der Waals surface area contributed by atoms with E-state index in [0.717, 1.165) is 6.92 Å². The van der Waals surface area contributed by atoms with Crippen LogP contribution in [0.3, 0.4) is 0 Å². The minimum atomic E-state index is -1.79. The highest BCUT2D eigenvalue weighted by Crippen LogP contribution is 2.12. The van der Waals surface area contributed by atoms with Gasteiger partial charge in [-0.1, -0.05) is 34.1 Å². The molecule has 366 valence electrons. The van der Waals surface area contributed by atoms with Crippen LogP contribution in [0.25, 0.3) is 0 Å². The van der Waals surface area contributed by atoms with Crippen LogP contribution in [0.4, 0.5) is 0 Å². The Morgan fingerprint density at radius 1 is 0.446 bits per heavy atom. The standard InChI is InChI=1S/C38H61N9O18/c1-6-17(4)30(37(63)44-22(38(64)65)8-11-24(40)48)47-34(60)21(10-14-27(53)54)43-33(59)20(9-13-26(51)52)42-31(57)18(5)41-36(62)29(16(2)3)46-35(61)23(15-28(55)56)45-32(58)19(39)7-12-25(49)50/h16-23,29-30H,6-15,39H2,1-5H3,(H2,40,48)(H,41,62)(H,42,57)(H,43,59)(H,44,63)(H,45,58)(H,46,61)(H,47,60)(H,49,50)(H,51,52)(H,53,54)(H,55,56)(H,64,65)/t17-,18-,19-,20-,21-,22-,23-,29-,30-/m0/s1. The molecule has 0 saturated heterocycles. The fourth-order valence-electron chi connectivity index (χ4n) is 5.63. The van der Waals surface area contributed by atoms with Gasteiger partial charge in [-0.15, -0.1) is 0 Å². The molecule has 0 aliphatic heterocycles. The normalized spacial score (nSPS) is 15.1. The van der Waals surface area contributed by atoms with Crippen molar-refractivity contribution in [3.8, 4) is 0 Å². The number of aliphatic carboxylic acids is 5. The molecule has 0 aromatic heterocycles. The van der Waals surface area contributed by atoms with Gasteiger partial charge in [0, 0.05) is 25.7 Å². The Balaban J connectivity index is 6.31. The summed E-state index contributed by atoms with van der Waals surface area (Å²) in [5, 5.41) is 62.2. The number of primary amides is 1. The minimum Gasteiger partial charge on any atom is -0.481 e. The second-order valence-corrected chi connectivity index (χ2v) is 15.4. The van der Waals surface area contributed by atoms with Crippen LogP contribution in [0.5, 0.6) is 0 Å². The third-order valence-electron chi connectivity index (χ3n) is 9.66. The van der Waals surface area contributed by atoms with Gasteiger partial charge in [-0.25, -0.2) is 4.79 Å². The van der Waals surface area contributed by atoms with Gasteiger partial charge in [-0.3, -0.25) is 57.5 Å². The van der Waals surface area contributed by atoms with Crippen LogP contribution in [0, 0.1) is 11.8 Å². The Kier molecular flexibility index (Phi) is 25.6. The highest BCUT2D eigenvalue weighted by atomic mass is 16.4. The largest absolute Gasteiger partial charge is 0.481 e. The van der Waals surface area contributed by atoms with Crippen molar-refractivity contribution in [1.29, 1.82) is 0 Å². The lowest BCUT2D eigenvalue weighted by atomic mass is 9.96. The summed E-state index contributed by atoms with van der Waals surface area (Å²) < 4.78 is 0. The Labute approximate surface area is 372 Å². The van der Waals surface area contributed by atoms with Crippen molar-refractivity contribution in [2.45, 2.75) is 147 Å². The van der Waals surface area contributed by atoms with E-state index in [2.05, 4.69) is 37.2 Å². The number of carboxylic acid groups (broad SMARTS) is 5. The summed E-state index contributed by atoms with van der Waals surface area (Å²) in [6, 6.07) is -12.8. The second kappa shape index (κ2) is 28.7.